The molecule has 2 aromatic carbocycles. The molecule has 0 bridgehead atoms. The van der Waals surface area contributed by atoms with Gasteiger partial charge in [-0.25, -0.2) is 13.4 Å². The summed E-state index contributed by atoms with van der Waals surface area (Å²) in [6, 6.07) is 9.51. The highest BCUT2D eigenvalue weighted by Crippen LogP contribution is 2.32. The third-order valence-corrected chi connectivity index (χ3v) is 8.23. The van der Waals surface area contributed by atoms with Crippen LogP contribution in [-0.2, 0) is 21.0 Å². The lowest BCUT2D eigenvalue weighted by Gasteiger charge is -2.30. The van der Waals surface area contributed by atoms with Gasteiger partial charge in [0.1, 0.15) is 0 Å². The maximum Gasteiger partial charge on any atom is 0.416 e. The van der Waals surface area contributed by atoms with Gasteiger partial charge in [0.05, 0.1) is 20.7 Å². The number of fused-ring (bicyclic) bond motifs is 1. The van der Waals surface area contributed by atoms with Gasteiger partial charge in [0.2, 0.25) is 15.9 Å². The average molecular weight is 484 g/mol. The molecule has 3 aromatic rings. The lowest BCUT2D eigenvalue weighted by atomic mass is 9.97. The molecule has 1 fully saturated rings. The fourth-order valence-electron chi connectivity index (χ4n) is 3.63. The van der Waals surface area contributed by atoms with Crippen LogP contribution >= 0.6 is 11.3 Å². The number of thiazole rings is 1. The zero-order valence-corrected chi connectivity index (χ0v) is 18.6. The van der Waals surface area contributed by atoms with E-state index in [2.05, 4.69) is 10.3 Å². The van der Waals surface area contributed by atoms with E-state index in [0.29, 0.717) is 11.2 Å². The highest BCUT2D eigenvalue weighted by atomic mass is 32.2. The maximum atomic E-state index is 12.9. The topological polar surface area (TPSA) is 79.4 Å². The number of carbonyl (C=O) groups is 1. The van der Waals surface area contributed by atoms with E-state index in [1.54, 1.807) is 0 Å². The molecule has 1 N–H and O–H groups in total. The van der Waals surface area contributed by atoms with E-state index in [-0.39, 0.29) is 31.8 Å². The molecule has 0 radical (unpaired) electrons. The van der Waals surface area contributed by atoms with Crippen molar-refractivity contribution in [3.05, 3.63) is 53.6 Å². The number of hydrogen-bond acceptors (Lipinski definition) is 5. The number of aryl methyl sites for hydroxylation is 1. The number of sulfonamides is 1. The number of piperidine rings is 1. The Morgan fingerprint density at radius 1 is 1.16 bits per heavy atom. The van der Waals surface area contributed by atoms with Crippen LogP contribution in [0.5, 0.6) is 0 Å². The van der Waals surface area contributed by atoms with Gasteiger partial charge in [-0.1, -0.05) is 23.5 Å². The van der Waals surface area contributed by atoms with Crippen LogP contribution in [0, 0.1) is 12.8 Å². The number of halogens is 3. The Morgan fingerprint density at radius 3 is 2.56 bits per heavy atom. The average Bonchev–Trinajstić information content (AvgIpc) is 3.14. The van der Waals surface area contributed by atoms with Crippen LogP contribution in [0.2, 0.25) is 0 Å². The minimum Gasteiger partial charge on any atom is -0.302 e. The van der Waals surface area contributed by atoms with Crippen LogP contribution in [0.1, 0.15) is 24.0 Å². The number of benzene rings is 2. The van der Waals surface area contributed by atoms with E-state index >= 15 is 0 Å². The van der Waals surface area contributed by atoms with E-state index < -0.39 is 32.6 Å². The van der Waals surface area contributed by atoms with E-state index in [1.165, 1.54) is 11.3 Å². The van der Waals surface area contributed by atoms with Crippen LogP contribution < -0.4 is 5.32 Å². The van der Waals surface area contributed by atoms with Crippen LogP contribution in [0.25, 0.3) is 10.2 Å². The fraction of sp³-hybridized carbons (Fsp3) is 0.333. The first-order chi connectivity index (χ1) is 15.0. The number of aromatic nitrogens is 1. The van der Waals surface area contributed by atoms with Crippen molar-refractivity contribution >= 4 is 42.6 Å². The summed E-state index contributed by atoms with van der Waals surface area (Å²) >= 11 is 1.37. The van der Waals surface area contributed by atoms with Gasteiger partial charge in [0.15, 0.2) is 5.13 Å². The third-order valence-electron chi connectivity index (χ3n) is 5.40. The zero-order valence-electron chi connectivity index (χ0n) is 17.0. The number of nitrogens with zero attached hydrogens (tertiary/aromatic N) is 2. The molecule has 32 heavy (non-hydrogen) atoms. The van der Waals surface area contributed by atoms with Gasteiger partial charge in [-0.15, -0.1) is 0 Å². The summed E-state index contributed by atoms with van der Waals surface area (Å²) in [5, 5.41) is 3.29. The normalized spacial score (nSPS) is 16.4. The highest BCUT2D eigenvalue weighted by molar-refractivity contribution is 7.89. The Morgan fingerprint density at radius 2 is 1.88 bits per heavy atom. The van der Waals surface area contributed by atoms with E-state index in [9.17, 15) is 26.4 Å². The monoisotopic (exact) mass is 483 g/mol. The Balaban J connectivity index is 1.41. The summed E-state index contributed by atoms with van der Waals surface area (Å²) in [6.07, 6.45) is -4.09. The van der Waals surface area contributed by atoms with Crippen LogP contribution in [0.15, 0.2) is 47.4 Å². The van der Waals surface area contributed by atoms with Gasteiger partial charge < -0.3 is 5.32 Å². The molecule has 1 aliphatic heterocycles. The first-order valence-corrected chi connectivity index (χ1v) is 12.2. The number of rotatable bonds is 4. The van der Waals surface area contributed by atoms with E-state index in [1.807, 2.05) is 25.1 Å². The first-order valence-electron chi connectivity index (χ1n) is 9.89. The number of alkyl halides is 3. The van der Waals surface area contributed by atoms with Gasteiger partial charge in [0.25, 0.3) is 0 Å². The SMILES string of the molecule is Cc1ccc2nc(NC(=O)C3CCN(S(=O)(=O)c4cccc(C(F)(F)F)c4)CC3)sc2c1. The first kappa shape index (κ1) is 22.7. The van der Waals surface area contributed by atoms with Gasteiger partial charge in [-0.3, -0.25) is 4.79 Å². The van der Waals surface area contributed by atoms with Crippen molar-refractivity contribution in [1.82, 2.24) is 9.29 Å². The highest BCUT2D eigenvalue weighted by Gasteiger charge is 2.35. The standard InChI is InChI=1S/C21H20F3N3O3S2/c1-13-5-6-17-18(11-13)31-20(25-17)26-19(28)14-7-9-27(10-8-14)32(29,30)16-4-2-3-15(12-16)21(22,23)24/h2-6,11-12,14H,7-10H2,1H3,(H,25,26,28). The molecule has 1 saturated heterocycles. The maximum absolute atomic E-state index is 12.9. The molecule has 0 saturated carbocycles. The smallest absolute Gasteiger partial charge is 0.302 e. The van der Waals surface area contributed by atoms with Crippen molar-refractivity contribution in [1.29, 1.82) is 0 Å². The molecule has 1 aromatic heterocycles. The third kappa shape index (κ3) is 4.64. The Bertz CT molecular complexity index is 1260. The molecule has 0 aliphatic carbocycles. The minimum atomic E-state index is -4.63. The second-order valence-electron chi connectivity index (χ2n) is 7.68. The molecule has 0 atom stereocenters. The van der Waals surface area contributed by atoms with Crippen molar-refractivity contribution in [2.24, 2.45) is 5.92 Å². The molecule has 0 unspecified atom stereocenters. The van der Waals surface area contributed by atoms with E-state index in [0.717, 1.165) is 38.3 Å². The lowest BCUT2D eigenvalue weighted by Crippen LogP contribution is -2.41. The molecule has 6 nitrogen and oxygen atoms in total. The predicted octanol–water partition coefficient (Wildman–Crippen LogP) is 4.66. The van der Waals surface area contributed by atoms with Crippen LogP contribution in [0.3, 0.4) is 0 Å². The second-order valence-corrected chi connectivity index (χ2v) is 10.7. The van der Waals surface area contributed by atoms with Crippen molar-refractivity contribution in [2.45, 2.75) is 30.8 Å². The molecule has 170 valence electrons. The van der Waals surface area contributed by atoms with E-state index in [4.69, 9.17) is 0 Å². The summed E-state index contributed by atoms with van der Waals surface area (Å²) in [5.41, 5.74) is 0.866. The number of carbonyl (C=O) groups excluding carboxylic acids is 1. The van der Waals surface area contributed by atoms with Gasteiger partial charge in [-0.05, 0) is 55.7 Å². The largest absolute Gasteiger partial charge is 0.416 e. The molecule has 1 amide bonds. The van der Waals surface area contributed by atoms with Gasteiger partial charge in [-0.2, -0.15) is 17.5 Å². The number of nitrogens with one attached hydrogen (secondary N) is 1. The fourth-order valence-corrected chi connectivity index (χ4v) is 6.12. The van der Waals surface area contributed by atoms with Gasteiger partial charge >= 0.3 is 6.18 Å². The molecule has 11 heteroatoms. The van der Waals surface area contributed by atoms with Gasteiger partial charge in [0, 0.05) is 19.0 Å². The van der Waals surface area contributed by atoms with Crippen LogP contribution in [0.4, 0.5) is 18.3 Å². The van der Waals surface area contributed by atoms with Crippen molar-refractivity contribution in [3.8, 4) is 0 Å². The van der Waals surface area contributed by atoms with Crippen molar-refractivity contribution in [3.63, 3.8) is 0 Å². The summed E-state index contributed by atoms with van der Waals surface area (Å²) in [5.74, 6) is -0.645. The van der Waals surface area contributed by atoms with Crippen LogP contribution in [-0.4, -0.2) is 36.7 Å². The molecule has 2 heterocycles. The Hall–Kier alpha value is -2.50. The molecule has 1 aliphatic rings. The van der Waals surface area contributed by atoms with Crippen molar-refractivity contribution < 1.29 is 26.4 Å². The minimum absolute atomic E-state index is 0.0513. The lowest BCUT2D eigenvalue weighted by molar-refractivity contribution is -0.137. The summed E-state index contributed by atoms with van der Waals surface area (Å²) < 4.78 is 66.6. The second kappa shape index (κ2) is 8.45. The Kier molecular flexibility index (Phi) is 5.99. The number of amides is 1. The summed E-state index contributed by atoms with van der Waals surface area (Å²) in [4.78, 5) is 16.7. The predicted molar refractivity (Wildman–Crippen MR) is 116 cm³/mol. The summed E-state index contributed by atoms with van der Waals surface area (Å²) in [7, 11) is -4.08. The quantitative estimate of drug-likeness (QED) is 0.585. The van der Waals surface area contributed by atoms with Crippen molar-refractivity contribution in [2.75, 3.05) is 18.4 Å². The molecular weight excluding hydrogens is 463 g/mol. The number of anilines is 1. The zero-order chi connectivity index (χ0) is 23.1. The number of hydrogen-bond donors (Lipinski definition) is 1. The molecule has 4 rings (SSSR count). The summed E-state index contributed by atoms with van der Waals surface area (Å²) in [6.45, 7) is 2.07. The molecule has 0 spiro atoms. The Labute approximate surface area is 187 Å². The molecular formula is C21H20F3N3O3S2.